The number of aromatic nitrogens is 1. The van der Waals surface area contributed by atoms with Crippen LogP contribution in [0, 0.1) is 0 Å². The van der Waals surface area contributed by atoms with Crippen molar-refractivity contribution in [2.24, 2.45) is 0 Å². The fourth-order valence-electron chi connectivity index (χ4n) is 1.93. The normalized spacial score (nSPS) is 10.4. The first-order valence-electron chi connectivity index (χ1n) is 5.68. The third-order valence-electron chi connectivity index (χ3n) is 2.75. The molecule has 1 N–H and O–H groups in total. The molecule has 88 valence electrons. The second-order valence-electron chi connectivity index (χ2n) is 3.95. The Morgan fingerprint density at radius 3 is 1.94 bits per heavy atom. The molecule has 0 radical (unpaired) electrons. The van der Waals surface area contributed by atoms with Crippen molar-refractivity contribution in [1.82, 2.24) is 4.98 Å². The molecule has 0 spiro atoms. The van der Waals surface area contributed by atoms with Gasteiger partial charge in [-0.2, -0.15) is 0 Å². The third kappa shape index (κ3) is 2.10. The van der Waals surface area contributed by atoms with Gasteiger partial charge in [0, 0.05) is 0 Å². The van der Waals surface area contributed by atoms with E-state index in [4.69, 9.17) is 0 Å². The van der Waals surface area contributed by atoms with Crippen LogP contribution in [0.2, 0.25) is 0 Å². The Morgan fingerprint density at radius 1 is 0.778 bits per heavy atom. The van der Waals surface area contributed by atoms with Gasteiger partial charge in [0.15, 0.2) is 0 Å². The summed E-state index contributed by atoms with van der Waals surface area (Å²) in [4.78, 5) is 14.7. The minimum absolute atomic E-state index is 0.125. The van der Waals surface area contributed by atoms with Crippen LogP contribution in [0.5, 0.6) is 0 Å². The SMILES string of the molecule is O=c1[nH]c(-c2ccccc2)c(-c2ccccc2)[se]1. The fourth-order valence-corrected chi connectivity index (χ4v) is 3.74. The number of hydrogen-bond donors (Lipinski definition) is 1. The second-order valence-corrected chi connectivity index (χ2v) is 6.01. The van der Waals surface area contributed by atoms with Crippen LogP contribution < -0.4 is 4.43 Å². The van der Waals surface area contributed by atoms with Crippen molar-refractivity contribution in [3.8, 4) is 21.3 Å². The number of nitrogens with one attached hydrogen (secondary N) is 1. The summed E-state index contributed by atoms with van der Waals surface area (Å²) in [5.74, 6) is 0. The van der Waals surface area contributed by atoms with Gasteiger partial charge in [-0.3, -0.25) is 0 Å². The maximum atomic E-state index is 11.7. The van der Waals surface area contributed by atoms with Gasteiger partial charge in [0.05, 0.1) is 0 Å². The van der Waals surface area contributed by atoms with Crippen LogP contribution in [0.25, 0.3) is 21.3 Å². The first-order chi connectivity index (χ1) is 8.84. The van der Waals surface area contributed by atoms with Gasteiger partial charge in [-0.1, -0.05) is 0 Å². The molecule has 1 aromatic heterocycles. The molecular weight excluding hydrogens is 289 g/mol. The maximum absolute atomic E-state index is 11.7. The molecule has 3 heteroatoms. The van der Waals surface area contributed by atoms with Crippen LogP contribution in [-0.4, -0.2) is 19.5 Å². The van der Waals surface area contributed by atoms with Crippen molar-refractivity contribution in [2.45, 2.75) is 0 Å². The molecule has 0 bridgehead atoms. The quantitative estimate of drug-likeness (QED) is 0.725. The molecule has 0 saturated heterocycles. The molecule has 2 aromatic carbocycles. The molecule has 0 atom stereocenters. The van der Waals surface area contributed by atoms with Crippen molar-refractivity contribution < 1.29 is 0 Å². The van der Waals surface area contributed by atoms with Gasteiger partial charge in [-0.25, -0.2) is 0 Å². The molecule has 0 amide bonds. The van der Waals surface area contributed by atoms with Crippen molar-refractivity contribution in [2.75, 3.05) is 0 Å². The summed E-state index contributed by atoms with van der Waals surface area (Å²) in [6, 6.07) is 20.1. The summed E-state index contributed by atoms with van der Waals surface area (Å²) in [7, 11) is 0. The number of H-pyrrole nitrogens is 1. The second kappa shape index (κ2) is 4.81. The minimum atomic E-state index is -0.146. The topological polar surface area (TPSA) is 32.9 Å². The number of benzene rings is 2. The number of hydrogen-bond acceptors (Lipinski definition) is 1. The van der Waals surface area contributed by atoms with E-state index in [2.05, 4.69) is 17.1 Å². The van der Waals surface area contributed by atoms with Crippen molar-refractivity contribution in [3.63, 3.8) is 0 Å². The van der Waals surface area contributed by atoms with Crippen LogP contribution in [0.3, 0.4) is 0 Å². The summed E-state index contributed by atoms with van der Waals surface area (Å²) in [5.41, 5.74) is 3.17. The Morgan fingerprint density at radius 2 is 1.33 bits per heavy atom. The molecule has 0 aliphatic heterocycles. The zero-order chi connectivity index (χ0) is 12.4. The summed E-state index contributed by atoms with van der Waals surface area (Å²) in [6.07, 6.45) is 0. The first kappa shape index (κ1) is 11.3. The zero-order valence-corrected chi connectivity index (χ0v) is 11.3. The molecule has 0 fully saturated rings. The van der Waals surface area contributed by atoms with Gasteiger partial charge in [0.25, 0.3) is 0 Å². The monoisotopic (exact) mass is 301 g/mol. The van der Waals surface area contributed by atoms with Crippen LogP contribution in [0.15, 0.2) is 65.5 Å². The average molecular weight is 300 g/mol. The molecular formula is C15H11NOSe. The van der Waals surface area contributed by atoms with E-state index in [1.165, 1.54) is 0 Å². The van der Waals surface area contributed by atoms with E-state index in [0.717, 1.165) is 21.3 Å². The van der Waals surface area contributed by atoms with Crippen molar-refractivity contribution in [1.29, 1.82) is 0 Å². The molecule has 0 aliphatic carbocycles. The van der Waals surface area contributed by atoms with Crippen LogP contribution in [0.1, 0.15) is 0 Å². The van der Waals surface area contributed by atoms with E-state index >= 15 is 0 Å². The summed E-state index contributed by atoms with van der Waals surface area (Å²) < 4.78 is 1.26. The summed E-state index contributed by atoms with van der Waals surface area (Å²) >= 11 is -0.146. The average Bonchev–Trinajstić information content (AvgIpc) is 2.83. The van der Waals surface area contributed by atoms with Gasteiger partial charge < -0.3 is 0 Å². The molecule has 0 aliphatic rings. The van der Waals surface area contributed by atoms with E-state index in [1.807, 2.05) is 48.5 Å². The predicted molar refractivity (Wildman–Crippen MR) is 74.9 cm³/mol. The molecule has 0 saturated carbocycles. The van der Waals surface area contributed by atoms with E-state index in [0.29, 0.717) is 0 Å². The Balaban J connectivity index is 2.21. The van der Waals surface area contributed by atoms with Crippen molar-refractivity contribution >= 4 is 14.5 Å². The van der Waals surface area contributed by atoms with Crippen LogP contribution >= 0.6 is 0 Å². The van der Waals surface area contributed by atoms with Gasteiger partial charge in [-0.05, 0) is 0 Å². The molecule has 3 rings (SSSR count). The fraction of sp³-hybridized carbons (Fsp3) is 0. The van der Waals surface area contributed by atoms with E-state index in [9.17, 15) is 4.79 Å². The molecule has 18 heavy (non-hydrogen) atoms. The third-order valence-corrected chi connectivity index (χ3v) is 4.70. The first-order valence-corrected chi connectivity index (χ1v) is 7.40. The standard InChI is InChI=1S/C15H11NOSe/c17-15-16-13(11-7-3-1-4-8-11)14(18-15)12-9-5-2-6-10-12/h1-10H,(H,16,17). The van der Waals surface area contributed by atoms with Crippen LogP contribution in [-0.2, 0) is 0 Å². The molecule has 3 aromatic rings. The molecule has 0 unspecified atom stereocenters. The predicted octanol–water partition coefficient (Wildman–Crippen LogP) is 2.77. The van der Waals surface area contributed by atoms with Crippen LogP contribution in [0.4, 0.5) is 0 Å². The van der Waals surface area contributed by atoms with Crippen molar-refractivity contribution in [3.05, 3.63) is 69.9 Å². The van der Waals surface area contributed by atoms with Gasteiger partial charge >= 0.3 is 111 Å². The summed E-state index contributed by atoms with van der Waals surface area (Å²) in [5, 5.41) is 0. The van der Waals surface area contributed by atoms with E-state index < -0.39 is 0 Å². The Bertz CT molecular complexity index is 638. The number of aromatic amines is 1. The van der Waals surface area contributed by atoms with E-state index in [1.54, 1.807) is 0 Å². The van der Waals surface area contributed by atoms with Gasteiger partial charge in [-0.15, -0.1) is 0 Å². The number of rotatable bonds is 2. The molecule has 2 nitrogen and oxygen atoms in total. The molecule has 1 heterocycles. The summed E-state index contributed by atoms with van der Waals surface area (Å²) in [6.45, 7) is 0. The Labute approximate surface area is 111 Å². The van der Waals surface area contributed by atoms with E-state index in [-0.39, 0.29) is 18.9 Å². The zero-order valence-electron chi connectivity index (χ0n) is 9.59. The van der Waals surface area contributed by atoms with Gasteiger partial charge in [0.2, 0.25) is 0 Å². The Hall–Kier alpha value is -1.83. The Kier molecular flexibility index (Phi) is 3.01. The van der Waals surface area contributed by atoms with Gasteiger partial charge in [0.1, 0.15) is 0 Å².